The van der Waals surface area contributed by atoms with Crippen molar-refractivity contribution < 1.29 is 19.4 Å². The van der Waals surface area contributed by atoms with Crippen LogP contribution in [0.5, 0.6) is 5.75 Å². The van der Waals surface area contributed by atoms with Gasteiger partial charge in [0.2, 0.25) is 5.91 Å². The number of ether oxygens (including phenoxy) is 1. The van der Waals surface area contributed by atoms with E-state index in [1.807, 2.05) is 32.0 Å². The molecule has 1 rings (SSSR count). The number of amides is 1. The van der Waals surface area contributed by atoms with Crippen LogP contribution in [0.1, 0.15) is 37.8 Å². The van der Waals surface area contributed by atoms with Gasteiger partial charge in [0.1, 0.15) is 11.8 Å². The van der Waals surface area contributed by atoms with E-state index in [0.29, 0.717) is 13.0 Å². The Balaban J connectivity index is 2.33. The molecule has 5 nitrogen and oxygen atoms in total. The van der Waals surface area contributed by atoms with E-state index in [9.17, 15) is 9.59 Å². The minimum atomic E-state index is -1.00. The predicted octanol–water partition coefficient (Wildman–Crippen LogP) is 2.69. The molecule has 0 bridgehead atoms. The normalized spacial score (nSPS) is 12.0. The van der Waals surface area contributed by atoms with Crippen LogP contribution in [0.15, 0.2) is 18.2 Å². The van der Waals surface area contributed by atoms with Gasteiger partial charge in [0.05, 0.1) is 6.61 Å². The molecule has 0 fully saturated rings. The SMILES string of the molecule is Cc1ccc(OCCCC(=O)NC(C(=O)O)C(C)C)cc1C. The number of carboxylic acids is 1. The van der Waals surface area contributed by atoms with Crippen molar-refractivity contribution in [2.75, 3.05) is 6.61 Å². The van der Waals surface area contributed by atoms with E-state index < -0.39 is 12.0 Å². The standard InChI is InChI=1S/C17H25NO4/c1-11(2)16(17(20)21)18-15(19)6-5-9-22-14-8-7-12(3)13(4)10-14/h7-8,10-11,16H,5-6,9H2,1-4H3,(H,18,19)(H,20,21). The number of aryl methyl sites for hydroxylation is 2. The van der Waals surface area contributed by atoms with Gasteiger partial charge >= 0.3 is 5.97 Å². The molecule has 0 saturated heterocycles. The van der Waals surface area contributed by atoms with Crippen molar-refractivity contribution in [3.05, 3.63) is 29.3 Å². The molecule has 1 atom stereocenters. The maximum absolute atomic E-state index is 11.7. The number of carbonyl (C=O) groups is 2. The third kappa shape index (κ3) is 5.76. The van der Waals surface area contributed by atoms with E-state index in [1.165, 1.54) is 5.56 Å². The molecule has 22 heavy (non-hydrogen) atoms. The molecule has 0 aliphatic carbocycles. The maximum Gasteiger partial charge on any atom is 0.326 e. The maximum atomic E-state index is 11.7. The molecule has 0 aliphatic heterocycles. The lowest BCUT2D eigenvalue weighted by molar-refractivity contribution is -0.143. The summed E-state index contributed by atoms with van der Waals surface area (Å²) in [6.45, 7) is 8.02. The molecule has 122 valence electrons. The van der Waals surface area contributed by atoms with E-state index in [4.69, 9.17) is 9.84 Å². The second-order valence-electron chi connectivity index (χ2n) is 5.83. The lowest BCUT2D eigenvalue weighted by Crippen LogP contribution is -2.44. The van der Waals surface area contributed by atoms with Gasteiger partial charge in [-0.05, 0) is 49.4 Å². The quantitative estimate of drug-likeness (QED) is 0.724. The van der Waals surface area contributed by atoms with Gasteiger partial charge in [-0.15, -0.1) is 0 Å². The van der Waals surface area contributed by atoms with Crippen molar-refractivity contribution >= 4 is 11.9 Å². The first kappa shape index (κ1) is 18.0. The average Bonchev–Trinajstić information content (AvgIpc) is 2.44. The number of aliphatic carboxylic acids is 1. The number of carbonyl (C=O) groups excluding carboxylic acids is 1. The summed E-state index contributed by atoms with van der Waals surface area (Å²) < 4.78 is 5.60. The summed E-state index contributed by atoms with van der Waals surface area (Å²) in [5.41, 5.74) is 2.37. The lowest BCUT2D eigenvalue weighted by atomic mass is 10.0. The minimum absolute atomic E-state index is 0.145. The highest BCUT2D eigenvalue weighted by Crippen LogP contribution is 2.16. The highest BCUT2D eigenvalue weighted by atomic mass is 16.5. The Hall–Kier alpha value is -2.04. The number of hydrogen-bond donors (Lipinski definition) is 2. The van der Waals surface area contributed by atoms with Crippen molar-refractivity contribution in [1.29, 1.82) is 0 Å². The molecule has 0 aliphatic rings. The van der Waals surface area contributed by atoms with E-state index in [2.05, 4.69) is 5.32 Å². The van der Waals surface area contributed by atoms with E-state index in [0.717, 1.165) is 11.3 Å². The van der Waals surface area contributed by atoms with Crippen molar-refractivity contribution in [3.8, 4) is 5.75 Å². The van der Waals surface area contributed by atoms with Gasteiger partial charge in [-0.1, -0.05) is 19.9 Å². The summed E-state index contributed by atoms with van der Waals surface area (Å²) in [4.78, 5) is 22.8. The van der Waals surface area contributed by atoms with Gasteiger partial charge in [-0.25, -0.2) is 4.79 Å². The van der Waals surface area contributed by atoms with Crippen LogP contribution < -0.4 is 10.1 Å². The van der Waals surface area contributed by atoms with Crippen LogP contribution in [0, 0.1) is 19.8 Å². The van der Waals surface area contributed by atoms with E-state index >= 15 is 0 Å². The monoisotopic (exact) mass is 307 g/mol. The van der Waals surface area contributed by atoms with E-state index in [1.54, 1.807) is 13.8 Å². The third-order valence-electron chi connectivity index (χ3n) is 3.54. The Morgan fingerprint density at radius 3 is 2.45 bits per heavy atom. The molecular weight excluding hydrogens is 282 g/mol. The van der Waals surface area contributed by atoms with Crippen molar-refractivity contribution in [3.63, 3.8) is 0 Å². The Labute approximate surface area is 131 Å². The molecular formula is C17H25NO4. The number of rotatable bonds is 8. The van der Waals surface area contributed by atoms with Gasteiger partial charge in [-0.3, -0.25) is 4.79 Å². The minimum Gasteiger partial charge on any atom is -0.494 e. The molecule has 1 aromatic carbocycles. The molecule has 1 aromatic rings. The molecule has 0 radical (unpaired) electrons. The largest absolute Gasteiger partial charge is 0.494 e. The van der Waals surface area contributed by atoms with Gasteiger partial charge in [0.15, 0.2) is 0 Å². The van der Waals surface area contributed by atoms with Crippen molar-refractivity contribution in [2.45, 2.75) is 46.6 Å². The zero-order valence-electron chi connectivity index (χ0n) is 13.7. The lowest BCUT2D eigenvalue weighted by Gasteiger charge is -2.17. The number of nitrogens with one attached hydrogen (secondary N) is 1. The van der Waals surface area contributed by atoms with E-state index in [-0.39, 0.29) is 18.2 Å². The summed E-state index contributed by atoms with van der Waals surface area (Å²) in [6, 6.07) is 5.03. The fraction of sp³-hybridized carbons (Fsp3) is 0.529. The van der Waals surface area contributed by atoms with Crippen LogP contribution >= 0.6 is 0 Å². The molecule has 1 unspecified atom stereocenters. The molecule has 0 saturated carbocycles. The Morgan fingerprint density at radius 2 is 1.91 bits per heavy atom. The van der Waals surface area contributed by atoms with Crippen LogP contribution in [-0.4, -0.2) is 29.6 Å². The summed E-state index contributed by atoms with van der Waals surface area (Å²) in [6.07, 6.45) is 0.796. The average molecular weight is 307 g/mol. The predicted molar refractivity (Wildman–Crippen MR) is 85.0 cm³/mol. The van der Waals surface area contributed by atoms with Crippen molar-refractivity contribution in [2.24, 2.45) is 5.92 Å². The Kier molecular flexibility index (Phi) is 6.89. The van der Waals surface area contributed by atoms with Gasteiger partial charge in [0, 0.05) is 6.42 Å². The third-order valence-corrected chi connectivity index (χ3v) is 3.54. The zero-order chi connectivity index (χ0) is 16.7. The number of carboxylic acid groups (broad SMARTS) is 1. The zero-order valence-corrected chi connectivity index (χ0v) is 13.7. The summed E-state index contributed by atoms with van der Waals surface area (Å²) in [5.74, 6) is -0.623. The smallest absolute Gasteiger partial charge is 0.326 e. The summed E-state index contributed by atoms with van der Waals surface area (Å²) in [5, 5.41) is 11.6. The fourth-order valence-electron chi connectivity index (χ4n) is 1.99. The molecule has 0 aromatic heterocycles. The van der Waals surface area contributed by atoms with Gasteiger partial charge in [-0.2, -0.15) is 0 Å². The highest BCUT2D eigenvalue weighted by Gasteiger charge is 2.22. The summed E-state index contributed by atoms with van der Waals surface area (Å²) in [7, 11) is 0. The molecule has 0 heterocycles. The second kappa shape index (κ2) is 8.41. The first-order valence-electron chi connectivity index (χ1n) is 7.53. The van der Waals surface area contributed by atoms with Gasteiger partial charge in [0.25, 0.3) is 0 Å². The first-order chi connectivity index (χ1) is 10.3. The topological polar surface area (TPSA) is 75.6 Å². The van der Waals surface area contributed by atoms with Crippen LogP contribution in [0.4, 0.5) is 0 Å². The Bertz CT molecular complexity index is 525. The number of benzene rings is 1. The van der Waals surface area contributed by atoms with Crippen LogP contribution in [-0.2, 0) is 9.59 Å². The summed E-state index contributed by atoms with van der Waals surface area (Å²) >= 11 is 0. The van der Waals surface area contributed by atoms with Gasteiger partial charge < -0.3 is 15.2 Å². The molecule has 1 amide bonds. The van der Waals surface area contributed by atoms with Crippen LogP contribution in [0.25, 0.3) is 0 Å². The fourth-order valence-corrected chi connectivity index (χ4v) is 1.99. The second-order valence-corrected chi connectivity index (χ2v) is 5.83. The molecule has 0 spiro atoms. The van der Waals surface area contributed by atoms with Crippen LogP contribution in [0.3, 0.4) is 0 Å². The van der Waals surface area contributed by atoms with Crippen molar-refractivity contribution in [1.82, 2.24) is 5.32 Å². The van der Waals surface area contributed by atoms with Crippen LogP contribution in [0.2, 0.25) is 0 Å². The first-order valence-corrected chi connectivity index (χ1v) is 7.53. The number of hydrogen-bond acceptors (Lipinski definition) is 3. The molecule has 2 N–H and O–H groups in total. The Morgan fingerprint density at radius 1 is 1.23 bits per heavy atom. The highest BCUT2D eigenvalue weighted by molar-refractivity contribution is 5.83. The molecule has 5 heteroatoms.